The molecule has 0 amide bonds. The summed E-state index contributed by atoms with van der Waals surface area (Å²) in [5, 5.41) is 7.50. The SMILES string of the molecule is C.O=C(Cl)c1ccc(F)c(Cl)c1.O=C(O)c1ccc(F)c(Cl)c1.O=S(Cl)Cl. The second-order valence-electron chi connectivity index (χ2n) is 4.02. The molecule has 0 aromatic heterocycles. The molecule has 0 aliphatic rings. The van der Waals surface area contributed by atoms with E-state index in [9.17, 15) is 18.4 Å². The molecule has 0 saturated heterocycles. The lowest BCUT2D eigenvalue weighted by molar-refractivity contribution is 0.0696. The molecular formula is C15H11Cl5F2O4S. The molecule has 1 N–H and O–H groups in total. The maximum atomic E-state index is 12.5. The molecule has 0 aliphatic heterocycles. The van der Waals surface area contributed by atoms with E-state index in [0.717, 1.165) is 24.3 Å². The molecule has 0 atom stereocenters. The third-order valence-electron chi connectivity index (χ3n) is 2.31. The van der Waals surface area contributed by atoms with Crippen molar-refractivity contribution in [2.45, 2.75) is 7.43 Å². The standard InChI is InChI=1S/C7H3Cl2FO.C7H4ClFO2.CH4.Cl2OS/c8-5-3-4(7(9)11)1-2-6(5)10;8-5-3-4(7(10)11)1-2-6(5)9;;1-4(2)3/h1-3H;1-3H,(H,10,11);1H4;. The van der Waals surface area contributed by atoms with Gasteiger partial charge in [0.25, 0.3) is 5.24 Å². The van der Waals surface area contributed by atoms with E-state index in [-0.39, 0.29) is 28.6 Å². The van der Waals surface area contributed by atoms with E-state index in [4.69, 9.17) is 44.1 Å². The summed E-state index contributed by atoms with van der Waals surface area (Å²) >= 11 is 15.8. The molecule has 0 aliphatic carbocycles. The summed E-state index contributed by atoms with van der Waals surface area (Å²) in [6.07, 6.45) is 0. The summed E-state index contributed by atoms with van der Waals surface area (Å²) in [4.78, 5) is 20.8. The average molecular weight is 503 g/mol. The van der Waals surface area contributed by atoms with Crippen LogP contribution in [0.5, 0.6) is 0 Å². The van der Waals surface area contributed by atoms with Crippen LogP contribution in [0, 0.1) is 11.6 Å². The molecule has 0 unspecified atom stereocenters. The first-order valence-electron chi connectivity index (χ1n) is 6.03. The van der Waals surface area contributed by atoms with Crippen molar-refractivity contribution in [3.05, 3.63) is 69.2 Å². The lowest BCUT2D eigenvalue weighted by Gasteiger charge is -1.95. The first-order chi connectivity index (χ1) is 12.0. The minimum Gasteiger partial charge on any atom is -0.478 e. The maximum Gasteiger partial charge on any atom is 0.335 e. The lowest BCUT2D eigenvalue weighted by Crippen LogP contribution is -1.95. The first-order valence-corrected chi connectivity index (χ1v) is 9.96. The third kappa shape index (κ3) is 12.2. The number of carboxylic acid groups (broad SMARTS) is 1. The Bertz CT molecular complexity index is 755. The van der Waals surface area contributed by atoms with Crippen LogP contribution in [0.3, 0.4) is 0 Å². The highest BCUT2D eigenvalue weighted by molar-refractivity contribution is 8.26. The molecule has 2 aromatic rings. The number of benzene rings is 2. The fourth-order valence-corrected chi connectivity index (χ4v) is 1.73. The Labute approximate surface area is 180 Å². The van der Waals surface area contributed by atoms with Gasteiger partial charge in [-0.2, -0.15) is 0 Å². The molecule has 0 heterocycles. The van der Waals surface area contributed by atoms with E-state index in [2.05, 4.69) is 21.4 Å². The van der Waals surface area contributed by atoms with Gasteiger partial charge in [0, 0.05) is 26.9 Å². The number of carbonyl (C=O) groups is 2. The van der Waals surface area contributed by atoms with Crippen molar-refractivity contribution in [3.63, 3.8) is 0 Å². The smallest absolute Gasteiger partial charge is 0.335 e. The van der Waals surface area contributed by atoms with Gasteiger partial charge in [-0.15, -0.1) is 0 Å². The molecule has 0 radical (unpaired) electrons. The highest BCUT2D eigenvalue weighted by Crippen LogP contribution is 2.17. The minimum atomic E-state index is -1.67. The van der Waals surface area contributed by atoms with E-state index in [1.165, 1.54) is 12.1 Å². The molecular weight excluding hydrogens is 491 g/mol. The van der Waals surface area contributed by atoms with Gasteiger partial charge in [-0.3, -0.25) is 4.79 Å². The zero-order chi connectivity index (χ0) is 20.4. The van der Waals surface area contributed by atoms with Crippen molar-refractivity contribution in [1.82, 2.24) is 0 Å². The Morgan fingerprint density at radius 2 is 1.22 bits per heavy atom. The van der Waals surface area contributed by atoms with Crippen molar-refractivity contribution >= 4 is 76.6 Å². The van der Waals surface area contributed by atoms with Crippen LogP contribution >= 0.6 is 56.2 Å². The van der Waals surface area contributed by atoms with Gasteiger partial charge in [0.15, 0.2) is 0 Å². The van der Waals surface area contributed by atoms with Crippen LogP contribution in [0.15, 0.2) is 36.4 Å². The Morgan fingerprint density at radius 1 is 0.889 bits per heavy atom. The Kier molecular flexibility index (Phi) is 14.8. The normalized spacial score (nSPS) is 9.19. The predicted molar refractivity (Wildman–Crippen MR) is 107 cm³/mol. The van der Waals surface area contributed by atoms with Gasteiger partial charge in [0.05, 0.1) is 15.6 Å². The summed E-state index contributed by atoms with van der Waals surface area (Å²) in [6, 6.07) is 6.80. The molecule has 0 bridgehead atoms. The highest BCUT2D eigenvalue weighted by atomic mass is 36.0. The number of rotatable bonds is 2. The molecule has 0 saturated carbocycles. The number of hydrogen-bond acceptors (Lipinski definition) is 3. The topological polar surface area (TPSA) is 71.4 Å². The predicted octanol–water partition coefficient (Wildman–Crippen LogP) is 6.71. The zero-order valence-electron chi connectivity index (χ0n) is 12.2. The Morgan fingerprint density at radius 3 is 1.52 bits per heavy atom. The van der Waals surface area contributed by atoms with Crippen molar-refractivity contribution in [2.75, 3.05) is 0 Å². The van der Waals surface area contributed by atoms with Gasteiger partial charge >= 0.3 is 5.97 Å². The van der Waals surface area contributed by atoms with Gasteiger partial charge in [-0.05, 0) is 48.0 Å². The molecule has 2 rings (SSSR count). The van der Waals surface area contributed by atoms with Crippen LogP contribution < -0.4 is 0 Å². The summed E-state index contributed by atoms with van der Waals surface area (Å²) in [6.45, 7) is 0. The third-order valence-corrected chi connectivity index (χ3v) is 3.11. The molecule has 12 heteroatoms. The molecule has 0 fully saturated rings. The van der Waals surface area contributed by atoms with E-state index in [1.54, 1.807) is 0 Å². The fourth-order valence-electron chi connectivity index (χ4n) is 1.25. The molecule has 27 heavy (non-hydrogen) atoms. The van der Waals surface area contributed by atoms with Crippen LogP contribution in [0.1, 0.15) is 28.1 Å². The van der Waals surface area contributed by atoms with Gasteiger partial charge in [0.2, 0.25) is 9.23 Å². The highest BCUT2D eigenvalue weighted by Gasteiger charge is 2.06. The number of carboxylic acids is 1. The van der Waals surface area contributed by atoms with Crippen LogP contribution in [0.2, 0.25) is 10.0 Å². The van der Waals surface area contributed by atoms with Crippen molar-refractivity contribution < 1.29 is 27.7 Å². The largest absolute Gasteiger partial charge is 0.478 e. The molecule has 150 valence electrons. The molecule has 4 nitrogen and oxygen atoms in total. The fraction of sp³-hybridized carbons (Fsp3) is 0.0667. The van der Waals surface area contributed by atoms with Gasteiger partial charge in [-0.1, -0.05) is 30.6 Å². The lowest BCUT2D eigenvalue weighted by atomic mass is 10.2. The molecule has 2 aromatic carbocycles. The summed E-state index contributed by atoms with van der Waals surface area (Å²) in [7, 11) is 7.36. The number of halogens is 7. The zero-order valence-corrected chi connectivity index (χ0v) is 16.8. The van der Waals surface area contributed by atoms with E-state index in [1.807, 2.05) is 0 Å². The van der Waals surface area contributed by atoms with Crippen LogP contribution in [-0.4, -0.2) is 20.5 Å². The second kappa shape index (κ2) is 14.1. The second-order valence-corrected chi connectivity index (χ2v) is 7.70. The maximum absolute atomic E-state index is 12.5. The van der Waals surface area contributed by atoms with Gasteiger partial charge in [-0.25, -0.2) is 17.8 Å². The number of aromatic carboxylic acids is 1. The van der Waals surface area contributed by atoms with E-state index in [0.29, 0.717) is 0 Å². The van der Waals surface area contributed by atoms with Gasteiger partial charge < -0.3 is 5.11 Å². The van der Waals surface area contributed by atoms with E-state index < -0.39 is 32.1 Å². The summed E-state index contributed by atoms with van der Waals surface area (Å²) in [5.41, 5.74) is 0.175. The van der Waals surface area contributed by atoms with Crippen LogP contribution in [0.25, 0.3) is 0 Å². The quantitative estimate of drug-likeness (QED) is 0.463. The van der Waals surface area contributed by atoms with Crippen LogP contribution in [-0.2, 0) is 9.23 Å². The molecule has 0 spiro atoms. The Balaban J connectivity index is 0. The van der Waals surface area contributed by atoms with Crippen molar-refractivity contribution in [2.24, 2.45) is 0 Å². The minimum absolute atomic E-state index is 0. The average Bonchev–Trinajstić information content (AvgIpc) is 2.52. The Hall–Kier alpha value is -0.960. The number of hydrogen-bond donors (Lipinski definition) is 1. The summed E-state index contributed by atoms with van der Waals surface area (Å²) in [5.74, 6) is -2.29. The first kappa shape index (κ1) is 28.3. The summed E-state index contributed by atoms with van der Waals surface area (Å²) < 4.78 is 34.0. The van der Waals surface area contributed by atoms with Crippen molar-refractivity contribution in [3.8, 4) is 0 Å². The van der Waals surface area contributed by atoms with Crippen LogP contribution in [0.4, 0.5) is 8.78 Å². The van der Waals surface area contributed by atoms with E-state index >= 15 is 0 Å². The van der Waals surface area contributed by atoms with Crippen molar-refractivity contribution in [1.29, 1.82) is 0 Å². The van der Waals surface area contributed by atoms with Gasteiger partial charge in [0.1, 0.15) is 11.6 Å². The monoisotopic (exact) mass is 500 g/mol. The number of carbonyl (C=O) groups excluding carboxylic acids is 1.